The summed E-state index contributed by atoms with van der Waals surface area (Å²) in [5.74, 6) is 1.33. The second-order valence-corrected chi connectivity index (χ2v) is 6.79. The van der Waals surface area contributed by atoms with Crippen LogP contribution < -0.4 is 4.90 Å². The largest absolute Gasteiger partial charge is 0.358 e. The molecule has 1 saturated heterocycles. The fourth-order valence-corrected chi connectivity index (χ4v) is 3.13. The summed E-state index contributed by atoms with van der Waals surface area (Å²) in [5.41, 5.74) is 1.67. The van der Waals surface area contributed by atoms with E-state index >= 15 is 0 Å². The number of hydrogen-bond acceptors (Lipinski definition) is 5. The summed E-state index contributed by atoms with van der Waals surface area (Å²) >= 11 is 0. The van der Waals surface area contributed by atoms with Gasteiger partial charge in [0.05, 0.1) is 12.4 Å². The Morgan fingerprint density at radius 1 is 1.28 bits per heavy atom. The summed E-state index contributed by atoms with van der Waals surface area (Å²) in [6.45, 7) is 4.65. The lowest BCUT2D eigenvalue weighted by Crippen LogP contribution is -2.39. The maximum atomic E-state index is 12.5. The maximum Gasteiger partial charge on any atom is 0.274 e. The molecule has 0 aliphatic carbocycles. The fourth-order valence-electron chi connectivity index (χ4n) is 3.13. The minimum Gasteiger partial charge on any atom is -0.358 e. The van der Waals surface area contributed by atoms with E-state index < -0.39 is 0 Å². The van der Waals surface area contributed by atoms with Crippen molar-refractivity contribution in [3.63, 3.8) is 0 Å². The first-order valence-electron chi connectivity index (χ1n) is 8.85. The van der Waals surface area contributed by atoms with Crippen molar-refractivity contribution in [1.29, 1.82) is 0 Å². The van der Waals surface area contributed by atoms with Crippen molar-refractivity contribution in [2.75, 3.05) is 31.6 Å². The van der Waals surface area contributed by atoms with Crippen molar-refractivity contribution in [2.24, 2.45) is 5.92 Å². The third kappa shape index (κ3) is 4.53. The molecule has 1 aliphatic heterocycles. The molecule has 1 atom stereocenters. The molecule has 0 saturated carbocycles. The fraction of sp³-hybridized carbons (Fsp3) is 0.474. The summed E-state index contributed by atoms with van der Waals surface area (Å²) < 4.78 is 0. The SMILES string of the molecule is CC1CCCN(C(=O)c2cnc(N(C)CCc3ccncc3)cn2)C1. The van der Waals surface area contributed by atoms with Crippen LogP contribution in [0.4, 0.5) is 5.82 Å². The van der Waals surface area contributed by atoms with E-state index in [1.54, 1.807) is 24.8 Å². The molecule has 0 radical (unpaired) electrons. The van der Waals surface area contributed by atoms with Gasteiger partial charge in [-0.15, -0.1) is 0 Å². The van der Waals surface area contributed by atoms with Gasteiger partial charge in [0.25, 0.3) is 5.91 Å². The summed E-state index contributed by atoms with van der Waals surface area (Å²) in [5, 5.41) is 0. The third-order valence-corrected chi connectivity index (χ3v) is 4.68. The van der Waals surface area contributed by atoms with E-state index in [2.05, 4.69) is 21.9 Å². The van der Waals surface area contributed by atoms with Crippen molar-refractivity contribution >= 4 is 11.7 Å². The Morgan fingerprint density at radius 2 is 2.08 bits per heavy atom. The van der Waals surface area contributed by atoms with Crippen LogP contribution in [0.2, 0.25) is 0 Å². The predicted molar refractivity (Wildman–Crippen MR) is 97.5 cm³/mol. The highest BCUT2D eigenvalue weighted by Gasteiger charge is 2.23. The standard InChI is InChI=1S/C19H25N5O/c1-15-4-3-10-24(14-15)19(25)17-12-22-18(13-21-17)23(2)11-7-16-5-8-20-9-6-16/h5-6,8-9,12-13,15H,3-4,7,10-11,14H2,1-2H3. The first-order valence-corrected chi connectivity index (χ1v) is 8.85. The number of aromatic nitrogens is 3. The van der Waals surface area contributed by atoms with Gasteiger partial charge < -0.3 is 9.80 Å². The average Bonchev–Trinajstić information content (AvgIpc) is 2.66. The highest BCUT2D eigenvalue weighted by molar-refractivity contribution is 5.92. The molecule has 1 amide bonds. The number of piperidine rings is 1. The molecule has 6 nitrogen and oxygen atoms in total. The average molecular weight is 339 g/mol. The van der Waals surface area contributed by atoms with Gasteiger partial charge in [-0.25, -0.2) is 9.97 Å². The van der Waals surface area contributed by atoms with Crippen LogP contribution >= 0.6 is 0 Å². The number of pyridine rings is 1. The number of likely N-dealkylation sites (tertiary alicyclic amines) is 1. The predicted octanol–water partition coefficient (Wildman–Crippen LogP) is 2.42. The van der Waals surface area contributed by atoms with Gasteiger partial charge in [-0.3, -0.25) is 9.78 Å². The lowest BCUT2D eigenvalue weighted by molar-refractivity contribution is 0.0676. The molecule has 3 rings (SSSR count). The van der Waals surface area contributed by atoms with E-state index in [0.29, 0.717) is 11.6 Å². The van der Waals surface area contributed by atoms with E-state index in [1.165, 1.54) is 12.0 Å². The molecule has 1 unspecified atom stereocenters. The monoisotopic (exact) mass is 339 g/mol. The summed E-state index contributed by atoms with van der Waals surface area (Å²) in [7, 11) is 1.99. The van der Waals surface area contributed by atoms with Crippen molar-refractivity contribution in [3.8, 4) is 0 Å². The van der Waals surface area contributed by atoms with E-state index in [4.69, 9.17) is 0 Å². The zero-order valence-electron chi connectivity index (χ0n) is 14.9. The summed E-state index contributed by atoms with van der Waals surface area (Å²) in [6, 6.07) is 4.03. The molecule has 0 aromatic carbocycles. The quantitative estimate of drug-likeness (QED) is 0.837. The topological polar surface area (TPSA) is 62.2 Å². The van der Waals surface area contributed by atoms with Crippen molar-refractivity contribution in [1.82, 2.24) is 19.9 Å². The van der Waals surface area contributed by atoms with Gasteiger partial charge in [0.15, 0.2) is 0 Å². The van der Waals surface area contributed by atoms with Gasteiger partial charge in [-0.1, -0.05) is 6.92 Å². The summed E-state index contributed by atoms with van der Waals surface area (Å²) in [4.78, 5) is 29.3. The van der Waals surface area contributed by atoms with E-state index in [-0.39, 0.29) is 5.91 Å². The normalized spacial score (nSPS) is 17.4. The Kier molecular flexibility index (Phi) is 5.58. The first-order chi connectivity index (χ1) is 12.1. The Bertz CT molecular complexity index is 689. The Labute approximate surface area is 148 Å². The second-order valence-electron chi connectivity index (χ2n) is 6.79. The zero-order valence-corrected chi connectivity index (χ0v) is 14.9. The van der Waals surface area contributed by atoms with Crippen LogP contribution in [0, 0.1) is 5.92 Å². The van der Waals surface area contributed by atoms with Crippen LogP contribution in [0.3, 0.4) is 0 Å². The summed E-state index contributed by atoms with van der Waals surface area (Å²) in [6.07, 6.45) is 10.1. The zero-order chi connectivity index (χ0) is 17.6. The smallest absolute Gasteiger partial charge is 0.274 e. The lowest BCUT2D eigenvalue weighted by atomic mass is 10.0. The number of carbonyl (C=O) groups excluding carboxylic acids is 1. The van der Waals surface area contributed by atoms with Crippen LogP contribution in [0.1, 0.15) is 35.8 Å². The molecule has 25 heavy (non-hydrogen) atoms. The molecule has 0 bridgehead atoms. The molecule has 132 valence electrons. The number of anilines is 1. The minimum absolute atomic E-state index is 0.00922. The number of likely N-dealkylation sites (N-methyl/N-ethyl adjacent to an activating group) is 1. The van der Waals surface area contributed by atoms with Crippen LogP contribution in [-0.4, -0.2) is 52.4 Å². The van der Waals surface area contributed by atoms with Gasteiger partial charge in [0.2, 0.25) is 0 Å². The maximum absolute atomic E-state index is 12.5. The molecule has 1 aliphatic rings. The molecule has 0 N–H and O–H groups in total. The molecule has 0 spiro atoms. The van der Waals surface area contributed by atoms with E-state index in [9.17, 15) is 4.79 Å². The molecule has 3 heterocycles. The highest BCUT2D eigenvalue weighted by atomic mass is 16.2. The molecule has 1 fully saturated rings. The van der Waals surface area contributed by atoms with Gasteiger partial charge in [-0.2, -0.15) is 0 Å². The minimum atomic E-state index is -0.00922. The first kappa shape index (κ1) is 17.3. The van der Waals surface area contributed by atoms with E-state index in [1.807, 2.05) is 29.0 Å². The van der Waals surface area contributed by atoms with Gasteiger partial charge in [0.1, 0.15) is 11.5 Å². The number of amides is 1. The van der Waals surface area contributed by atoms with E-state index in [0.717, 1.165) is 38.3 Å². The Morgan fingerprint density at radius 3 is 2.76 bits per heavy atom. The van der Waals surface area contributed by atoms with Crippen LogP contribution in [0.15, 0.2) is 36.9 Å². The highest BCUT2D eigenvalue weighted by Crippen LogP contribution is 2.17. The van der Waals surface area contributed by atoms with Crippen molar-refractivity contribution in [2.45, 2.75) is 26.2 Å². The molecule has 2 aromatic rings. The number of rotatable bonds is 5. The number of nitrogens with zero attached hydrogens (tertiary/aromatic N) is 5. The third-order valence-electron chi connectivity index (χ3n) is 4.68. The van der Waals surface area contributed by atoms with Crippen molar-refractivity contribution in [3.05, 3.63) is 48.2 Å². The van der Waals surface area contributed by atoms with Gasteiger partial charge in [0, 0.05) is 39.1 Å². The van der Waals surface area contributed by atoms with Crippen LogP contribution in [-0.2, 0) is 6.42 Å². The molecule has 2 aromatic heterocycles. The Balaban J connectivity index is 1.58. The molecular formula is C19H25N5O. The molecule has 6 heteroatoms. The Hall–Kier alpha value is -2.50. The number of carbonyl (C=O) groups is 1. The van der Waals surface area contributed by atoms with Crippen molar-refractivity contribution < 1.29 is 4.79 Å². The van der Waals surface area contributed by atoms with Crippen LogP contribution in [0.25, 0.3) is 0 Å². The van der Waals surface area contributed by atoms with Crippen LogP contribution in [0.5, 0.6) is 0 Å². The van der Waals surface area contributed by atoms with Gasteiger partial charge >= 0.3 is 0 Å². The van der Waals surface area contributed by atoms with Gasteiger partial charge in [-0.05, 0) is 42.9 Å². The number of hydrogen-bond donors (Lipinski definition) is 0. The second kappa shape index (κ2) is 8.05. The lowest BCUT2D eigenvalue weighted by Gasteiger charge is -2.30. The molecular weight excluding hydrogens is 314 g/mol.